The van der Waals surface area contributed by atoms with E-state index < -0.39 is 29.6 Å². The molecular weight excluding hydrogens is 386 g/mol. The molecule has 2 aromatic rings. The summed E-state index contributed by atoms with van der Waals surface area (Å²) in [5, 5.41) is 2.22. The van der Waals surface area contributed by atoms with E-state index in [0.717, 1.165) is 12.1 Å². The second-order valence-electron chi connectivity index (χ2n) is 4.89. The number of nitrogen functional groups attached to an aromatic ring is 1. The molecule has 0 unspecified atom stereocenters. The molecule has 8 heteroatoms. The van der Waals surface area contributed by atoms with Gasteiger partial charge in [0.15, 0.2) is 6.10 Å². The third-order valence-electron chi connectivity index (χ3n) is 3.08. The van der Waals surface area contributed by atoms with Gasteiger partial charge in [0.2, 0.25) is 0 Å². The topological polar surface area (TPSA) is 81.4 Å². The molecule has 2 aromatic carbocycles. The van der Waals surface area contributed by atoms with Crippen LogP contribution in [0.25, 0.3) is 0 Å². The van der Waals surface area contributed by atoms with Crippen molar-refractivity contribution in [2.24, 2.45) is 0 Å². The van der Waals surface area contributed by atoms with E-state index in [9.17, 15) is 18.4 Å². The highest BCUT2D eigenvalue weighted by Crippen LogP contribution is 2.20. The highest BCUT2D eigenvalue weighted by Gasteiger charge is 2.21. The maximum atomic E-state index is 13.5. The molecule has 1 atom stereocenters. The molecule has 0 saturated carbocycles. The van der Waals surface area contributed by atoms with Crippen molar-refractivity contribution in [3.8, 4) is 0 Å². The van der Waals surface area contributed by atoms with E-state index in [2.05, 4.69) is 21.2 Å². The third-order valence-corrected chi connectivity index (χ3v) is 3.57. The summed E-state index contributed by atoms with van der Waals surface area (Å²) in [7, 11) is 0. The molecule has 0 aliphatic heterocycles. The van der Waals surface area contributed by atoms with E-state index in [1.165, 1.54) is 19.1 Å². The fourth-order valence-corrected chi connectivity index (χ4v) is 2.17. The lowest BCUT2D eigenvalue weighted by molar-refractivity contribution is -0.123. The Bertz CT molecular complexity index is 799. The van der Waals surface area contributed by atoms with Gasteiger partial charge in [0.25, 0.3) is 5.91 Å². The van der Waals surface area contributed by atoms with Crippen LogP contribution in [0.1, 0.15) is 17.3 Å². The normalized spacial score (nSPS) is 11.7. The number of anilines is 2. The Hall–Kier alpha value is -2.48. The van der Waals surface area contributed by atoms with Crippen molar-refractivity contribution in [2.75, 3.05) is 11.1 Å². The lowest BCUT2D eigenvalue weighted by Crippen LogP contribution is -2.30. The first-order valence-corrected chi connectivity index (χ1v) is 7.59. The minimum atomic E-state index is -1.21. The molecule has 0 spiro atoms. The molecule has 0 radical (unpaired) electrons. The van der Waals surface area contributed by atoms with Crippen LogP contribution in [-0.4, -0.2) is 18.0 Å². The van der Waals surface area contributed by atoms with Gasteiger partial charge in [0, 0.05) is 16.2 Å². The minimum Gasteiger partial charge on any atom is -0.449 e. The summed E-state index contributed by atoms with van der Waals surface area (Å²) in [5.41, 5.74) is 5.77. The highest BCUT2D eigenvalue weighted by molar-refractivity contribution is 9.10. The van der Waals surface area contributed by atoms with Crippen LogP contribution in [0.3, 0.4) is 0 Å². The van der Waals surface area contributed by atoms with E-state index in [1.54, 1.807) is 6.07 Å². The Kier molecular flexibility index (Phi) is 5.50. The first-order chi connectivity index (χ1) is 11.3. The highest BCUT2D eigenvalue weighted by atomic mass is 79.9. The monoisotopic (exact) mass is 398 g/mol. The Morgan fingerprint density at radius 1 is 1.21 bits per heavy atom. The van der Waals surface area contributed by atoms with Crippen molar-refractivity contribution < 1.29 is 23.1 Å². The molecule has 0 aliphatic rings. The molecule has 0 saturated heterocycles. The van der Waals surface area contributed by atoms with Gasteiger partial charge in [-0.1, -0.05) is 15.9 Å². The number of ether oxygens (including phenoxy) is 1. The summed E-state index contributed by atoms with van der Waals surface area (Å²) in [5.74, 6) is -3.26. The molecule has 1 amide bonds. The van der Waals surface area contributed by atoms with Gasteiger partial charge in [-0.2, -0.15) is 0 Å². The van der Waals surface area contributed by atoms with Crippen LogP contribution < -0.4 is 11.1 Å². The van der Waals surface area contributed by atoms with Gasteiger partial charge in [0.1, 0.15) is 11.6 Å². The molecular formula is C16H13BrF2N2O3. The van der Waals surface area contributed by atoms with Crippen LogP contribution >= 0.6 is 15.9 Å². The van der Waals surface area contributed by atoms with Gasteiger partial charge in [-0.15, -0.1) is 0 Å². The summed E-state index contributed by atoms with van der Waals surface area (Å²) >= 11 is 3.20. The maximum absolute atomic E-state index is 13.5. The molecule has 24 heavy (non-hydrogen) atoms. The summed E-state index contributed by atoms with van der Waals surface area (Å²) in [6, 6.07) is 7.33. The van der Waals surface area contributed by atoms with Crippen molar-refractivity contribution in [2.45, 2.75) is 13.0 Å². The van der Waals surface area contributed by atoms with E-state index in [-0.39, 0.29) is 16.9 Å². The van der Waals surface area contributed by atoms with E-state index in [1.807, 2.05) is 0 Å². The van der Waals surface area contributed by atoms with E-state index in [0.29, 0.717) is 10.5 Å². The molecule has 126 valence electrons. The fraction of sp³-hybridized carbons (Fsp3) is 0.125. The van der Waals surface area contributed by atoms with Gasteiger partial charge >= 0.3 is 5.97 Å². The van der Waals surface area contributed by atoms with Crippen LogP contribution in [0.2, 0.25) is 0 Å². The Morgan fingerprint density at radius 2 is 1.92 bits per heavy atom. The number of esters is 1. The Balaban J connectivity index is 2.05. The number of benzene rings is 2. The molecule has 5 nitrogen and oxygen atoms in total. The number of carbonyl (C=O) groups excluding carboxylic acids is 2. The summed E-state index contributed by atoms with van der Waals surface area (Å²) in [6.07, 6.45) is -1.21. The number of nitrogens with one attached hydrogen (secondary N) is 1. The van der Waals surface area contributed by atoms with Gasteiger partial charge in [-0.05, 0) is 37.3 Å². The van der Waals surface area contributed by atoms with Crippen LogP contribution in [-0.2, 0) is 9.53 Å². The largest absolute Gasteiger partial charge is 0.449 e. The summed E-state index contributed by atoms with van der Waals surface area (Å²) in [6.45, 7) is 1.32. The van der Waals surface area contributed by atoms with Gasteiger partial charge in [-0.3, -0.25) is 4.79 Å². The zero-order valence-corrected chi connectivity index (χ0v) is 14.1. The van der Waals surface area contributed by atoms with Gasteiger partial charge < -0.3 is 15.8 Å². The number of carbonyl (C=O) groups is 2. The van der Waals surface area contributed by atoms with Gasteiger partial charge in [-0.25, -0.2) is 13.6 Å². The standard InChI is InChI=1S/C16H13BrF2N2O3/c1-8(15(22)21-14-5-3-10(18)7-12(14)19)24-16(23)11-6-9(17)2-4-13(11)20/h2-8H,20H2,1H3,(H,21,22)/t8-/m1/s1. The average molecular weight is 399 g/mol. The molecule has 0 bridgehead atoms. The number of hydrogen-bond acceptors (Lipinski definition) is 4. The number of rotatable bonds is 4. The van der Waals surface area contributed by atoms with E-state index in [4.69, 9.17) is 10.5 Å². The first-order valence-electron chi connectivity index (χ1n) is 6.80. The Morgan fingerprint density at radius 3 is 2.58 bits per heavy atom. The zero-order chi connectivity index (χ0) is 17.9. The minimum absolute atomic E-state index is 0.0944. The zero-order valence-electron chi connectivity index (χ0n) is 12.5. The number of amides is 1. The van der Waals surface area contributed by atoms with Crippen molar-refractivity contribution in [1.29, 1.82) is 0 Å². The van der Waals surface area contributed by atoms with Crippen LogP contribution in [0.4, 0.5) is 20.2 Å². The van der Waals surface area contributed by atoms with E-state index >= 15 is 0 Å². The molecule has 3 N–H and O–H groups in total. The lowest BCUT2D eigenvalue weighted by Gasteiger charge is -2.14. The first kappa shape index (κ1) is 17.9. The van der Waals surface area contributed by atoms with Crippen molar-refractivity contribution >= 4 is 39.2 Å². The SMILES string of the molecule is C[C@@H](OC(=O)c1cc(Br)ccc1N)C(=O)Nc1ccc(F)cc1F. The second-order valence-corrected chi connectivity index (χ2v) is 5.81. The summed E-state index contributed by atoms with van der Waals surface area (Å²) in [4.78, 5) is 24.0. The summed E-state index contributed by atoms with van der Waals surface area (Å²) < 4.78 is 32.0. The quantitative estimate of drug-likeness (QED) is 0.609. The van der Waals surface area contributed by atoms with Crippen molar-refractivity contribution in [1.82, 2.24) is 0 Å². The van der Waals surface area contributed by atoms with Crippen LogP contribution in [0.5, 0.6) is 0 Å². The predicted octanol–water partition coefficient (Wildman–Crippen LogP) is 3.49. The molecule has 0 aliphatic carbocycles. The third kappa shape index (κ3) is 4.29. The second kappa shape index (κ2) is 7.39. The fourth-order valence-electron chi connectivity index (χ4n) is 1.81. The molecule has 0 fully saturated rings. The average Bonchev–Trinajstić information content (AvgIpc) is 2.52. The number of halogens is 3. The molecule has 2 rings (SSSR count). The number of hydrogen-bond donors (Lipinski definition) is 2. The lowest BCUT2D eigenvalue weighted by atomic mass is 10.2. The number of nitrogens with two attached hydrogens (primary N) is 1. The van der Waals surface area contributed by atoms with Crippen LogP contribution in [0.15, 0.2) is 40.9 Å². The smallest absolute Gasteiger partial charge is 0.341 e. The van der Waals surface area contributed by atoms with Crippen LogP contribution in [0, 0.1) is 11.6 Å². The molecule has 0 aromatic heterocycles. The predicted molar refractivity (Wildman–Crippen MR) is 88.4 cm³/mol. The maximum Gasteiger partial charge on any atom is 0.341 e. The Labute approximate surface area is 144 Å². The van der Waals surface area contributed by atoms with Crippen molar-refractivity contribution in [3.63, 3.8) is 0 Å². The molecule has 0 heterocycles. The van der Waals surface area contributed by atoms with Crippen molar-refractivity contribution in [3.05, 3.63) is 58.1 Å². The van der Waals surface area contributed by atoms with Gasteiger partial charge in [0.05, 0.1) is 11.3 Å².